The molecule has 0 aromatic rings. The van der Waals surface area contributed by atoms with Gasteiger partial charge in [-0.2, -0.15) is 0 Å². The second-order valence-corrected chi connectivity index (χ2v) is 5.61. The van der Waals surface area contributed by atoms with Gasteiger partial charge in [0.15, 0.2) is 0 Å². The number of nitrogens with one attached hydrogen (secondary N) is 1. The van der Waals surface area contributed by atoms with E-state index in [1.807, 2.05) is 0 Å². The van der Waals surface area contributed by atoms with Crippen LogP contribution in [0.3, 0.4) is 0 Å². The highest BCUT2D eigenvalue weighted by molar-refractivity contribution is 7.89. The SMILES string of the molecule is NS(=O)(=O)CC1OC(=O)CC12CNC2. The molecular weight excluding hydrogens is 208 g/mol. The molecule has 0 aromatic heterocycles. The molecule has 2 heterocycles. The molecule has 2 aliphatic rings. The van der Waals surface area contributed by atoms with E-state index in [1.54, 1.807) is 0 Å². The number of carbonyl (C=O) groups is 1. The second-order valence-electron chi connectivity index (χ2n) is 3.95. The third-order valence-corrected chi connectivity index (χ3v) is 3.56. The Morgan fingerprint density at radius 1 is 1.57 bits per heavy atom. The molecule has 1 spiro atoms. The van der Waals surface area contributed by atoms with Gasteiger partial charge >= 0.3 is 5.97 Å². The van der Waals surface area contributed by atoms with Crippen molar-refractivity contribution in [3.63, 3.8) is 0 Å². The summed E-state index contributed by atoms with van der Waals surface area (Å²) in [6, 6.07) is 0. The third kappa shape index (κ3) is 1.62. The molecule has 0 amide bonds. The van der Waals surface area contributed by atoms with Crippen molar-refractivity contribution >= 4 is 16.0 Å². The molecule has 80 valence electrons. The average molecular weight is 220 g/mol. The lowest BCUT2D eigenvalue weighted by atomic mass is 9.76. The quantitative estimate of drug-likeness (QED) is 0.534. The number of esters is 1. The smallest absolute Gasteiger partial charge is 0.306 e. The van der Waals surface area contributed by atoms with E-state index in [4.69, 9.17) is 9.88 Å². The van der Waals surface area contributed by atoms with E-state index in [-0.39, 0.29) is 17.1 Å². The van der Waals surface area contributed by atoms with Gasteiger partial charge in [0, 0.05) is 18.5 Å². The Bertz CT molecular complexity index is 360. The molecule has 1 atom stereocenters. The lowest BCUT2D eigenvalue weighted by Crippen LogP contribution is -2.59. The maximum atomic E-state index is 11.1. The van der Waals surface area contributed by atoms with Crippen LogP contribution >= 0.6 is 0 Å². The zero-order valence-electron chi connectivity index (χ0n) is 7.52. The van der Waals surface area contributed by atoms with Crippen molar-refractivity contribution in [1.29, 1.82) is 0 Å². The molecule has 2 rings (SSSR count). The minimum Gasteiger partial charge on any atom is -0.460 e. The summed E-state index contributed by atoms with van der Waals surface area (Å²) >= 11 is 0. The molecule has 1 unspecified atom stereocenters. The minimum atomic E-state index is -3.58. The number of cyclic esters (lactones) is 1. The van der Waals surface area contributed by atoms with Gasteiger partial charge in [0.1, 0.15) is 11.9 Å². The zero-order chi connectivity index (χ0) is 10.4. The van der Waals surface area contributed by atoms with E-state index in [9.17, 15) is 13.2 Å². The molecule has 0 saturated carbocycles. The largest absolute Gasteiger partial charge is 0.460 e. The van der Waals surface area contributed by atoms with Crippen molar-refractivity contribution in [2.24, 2.45) is 10.6 Å². The molecule has 0 aromatic carbocycles. The molecule has 2 aliphatic heterocycles. The molecule has 2 fully saturated rings. The third-order valence-electron chi connectivity index (χ3n) is 2.79. The van der Waals surface area contributed by atoms with E-state index in [2.05, 4.69) is 5.32 Å². The molecular formula is C7H12N2O4S. The van der Waals surface area contributed by atoms with Gasteiger partial charge in [0.05, 0.1) is 6.42 Å². The van der Waals surface area contributed by atoms with Crippen LogP contribution in [0.2, 0.25) is 0 Å². The van der Waals surface area contributed by atoms with Crippen molar-refractivity contribution < 1.29 is 17.9 Å². The van der Waals surface area contributed by atoms with Crippen LogP contribution in [0.1, 0.15) is 6.42 Å². The van der Waals surface area contributed by atoms with Crippen LogP contribution in [0.4, 0.5) is 0 Å². The maximum Gasteiger partial charge on any atom is 0.306 e. The normalized spacial score (nSPS) is 30.1. The summed E-state index contributed by atoms with van der Waals surface area (Å²) in [6.07, 6.45) is -0.286. The Morgan fingerprint density at radius 3 is 2.64 bits per heavy atom. The highest BCUT2D eigenvalue weighted by atomic mass is 32.2. The van der Waals surface area contributed by atoms with E-state index >= 15 is 0 Å². The number of primary sulfonamides is 1. The number of rotatable bonds is 2. The Balaban J connectivity index is 2.14. The molecule has 14 heavy (non-hydrogen) atoms. The lowest BCUT2D eigenvalue weighted by molar-refractivity contribution is -0.141. The van der Waals surface area contributed by atoms with Gasteiger partial charge in [-0.3, -0.25) is 4.79 Å². The van der Waals surface area contributed by atoms with Crippen molar-refractivity contribution in [1.82, 2.24) is 5.32 Å². The fourth-order valence-electron chi connectivity index (χ4n) is 1.95. The van der Waals surface area contributed by atoms with Gasteiger partial charge < -0.3 is 10.1 Å². The van der Waals surface area contributed by atoms with Crippen molar-refractivity contribution in [2.45, 2.75) is 12.5 Å². The average Bonchev–Trinajstić information content (AvgIpc) is 2.21. The first-order valence-electron chi connectivity index (χ1n) is 4.32. The van der Waals surface area contributed by atoms with Gasteiger partial charge in [0.2, 0.25) is 10.0 Å². The Morgan fingerprint density at radius 2 is 2.21 bits per heavy atom. The standard InChI is InChI=1S/C7H12N2O4S/c8-14(11,12)2-5-7(3-9-4-7)1-6(10)13-5/h5,9H,1-4H2,(H2,8,11,12). The Labute approximate surface area is 81.8 Å². The van der Waals surface area contributed by atoms with Crippen LogP contribution in [0.5, 0.6) is 0 Å². The molecule has 3 N–H and O–H groups in total. The van der Waals surface area contributed by atoms with Gasteiger partial charge in [-0.1, -0.05) is 0 Å². The van der Waals surface area contributed by atoms with E-state index in [1.165, 1.54) is 0 Å². The number of hydrogen-bond donors (Lipinski definition) is 2. The first-order chi connectivity index (χ1) is 6.41. The topological polar surface area (TPSA) is 98.5 Å². The minimum absolute atomic E-state index is 0.277. The lowest BCUT2D eigenvalue weighted by Gasteiger charge is -2.40. The second kappa shape index (κ2) is 2.91. The zero-order valence-corrected chi connectivity index (χ0v) is 8.34. The number of hydrogen-bond acceptors (Lipinski definition) is 5. The maximum absolute atomic E-state index is 11.1. The van der Waals surface area contributed by atoms with Crippen LogP contribution in [0.25, 0.3) is 0 Å². The van der Waals surface area contributed by atoms with Crippen LogP contribution in [-0.2, 0) is 19.6 Å². The van der Waals surface area contributed by atoms with Crippen LogP contribution in [0, 0.1) is 5.41 Å². The predicted molar refractivity (Wildman–Crippen MR) is 47.8 cm³/mol. The van der Waals surface area contributed by atoms with Crippen molar-refractivity contribution in [3.8, 4) is 0 Å². The fourth-order valence-corrected chi connectivity index (χ4v) is 2.79. The molecule has 7 heteroatoms. The number of carbonyl (C=O) groups excluding carboxylic acids is 1. The van der Waals surface area contributed by atoms with E-state index in [0.717, 1.165) is 0 Å². The molecule has 2 saturated heterocycles. The highest BCUT2D eigenvalue weighted by Crippen LogP contribution is 2.39. The molecule has 6 nitrogen and oxygen atoms in total. The van der Waals surface area contributed by atoms with Gasteiger partial charge in [0.25, 0.3) is 0 Å². The molecule has 0 radical (unpaired) electrons. The first-order valence-corrected chi connectivity index (χ1v) is 6.04. The Kier molecular flexibility index (Phi) is 2.06. The summed E-state index contributed by atoms with van der Waals surface area (Å²) in [7, 11) is -3.58. The number of ether oxygens (including phenoxy) is 1. The van der Waals surface area contributed by atoms with Crippen molar-refractivity contribution in [2.75, 3.05) is 18.8 Å². The monoisotopic (exact) mass is 220 g/mol. The fraction of sp³-hybridized carbons (Fsp3) is 0.857. The van der Waals surface area contributed by atoms with E-state index < -0.39 is 16.1 Å². The first kappa shape index (κ1) is 9.88. The predicted octanol–water partition coefficient (Wildman–Crippen LogP) is -1.82. The number of sulfonamides is 1. The summed E-state index contributed by atoms with van der Waals surface area (Å²) in [5.74, 6) is -0.611. The summed E-state index contributed by atoms with van der Waals surface area (Å²) in [4.78, 5) is 11.1. The van der Waals surface area contributed by atoms with Crippen molar-refractivity contribution in [3.05, 3.63) is 0 Å². The van der Waals surface area contributed by atoms with Crippen LogP contribution in [0.15, 0.2) is 0 Å². The number of nitrogens with two attached hydrogens (primary N) is 1. The molecule has 0 bridgehead atoms. The van der Waals surface area contributed by atoms with E-state index in [0.29, 0.717) is 19.5 Å². The van der Waals surface area contributed by atoms with Crippen LogP contribution < -0.4 is 10.5 Å². The summed E-state index contributed by atoms with van der Waals surface area (Å²) in [6.45, 7) is 1.25. The van der Waals surface area contributed by atoms with Gasteiger partial charge in [-0.25, -0.2) is 13.6 Å². The molecule has 0 aliphatic carbocycles. The summed E-state index contributed by atoms with van der Waals surface area (Å²) < 4.78 is 26.7. The Hall–Kier alpha value is -0.660. The van der Waals surface area contributed by atoms with Gasteiger partial charge in [-0.15, -0.1) is 0 Å². The highest BCUT2D eigenvalue weighted by Gasteiger charge is 2.53. The summed E-state index contributed by atoms with van der Waals surface area (Å²) in [5.41, 5.74) is -0.330. The van der Waals surface area contributed by atoms with Gasteiger partial charge in [-0.05, 0) is 0 Å². The summed E-state index contributed by atoms with van der Waals surface area (Å²) in [5, 5.41) is 7.93. The van der Waals surface area contributed by atoms with Crippen LogP contribution in [-0.4, -0.2) is 39.3 Å².